The Hall–Kier alpha value is -2.60. The number of hydrogen-bond donors (Lipinski definition) is 1. The molecule has 0 amide bonds. The van der Waals surface area contributed by atoms with Crippen LogP contribution >= 0.6 is 0 Å². The second-order valence-corrected chi connectivity index (χ2v) is 5.05. The van der Waals surface area contributed by atoms with Crippen LogP contribution in [-0.2, 0) is 0 Å². The van der Waals surface area contributed by atoms with E-state index in [0.717, 1.165) is 27.8 Å². The summed E-state index contributed by atoms with van der Waals surface area (Å²) in [5.74, 6) is -0.855. The van der Waals surface area contributed by atoms with Crippen molar-refractivity contribution in [3.05, 3.63) is 69.8 Å². The van der Waals surface area contributed by atoms with E-state index in [-0.39, 0.29) is 0 Å². The monoisotopic (exact) mass is 281 g/mol. The zero-order chi connectivity index (χ0) is 16.0. The van der Waals surface area contributed by atoms with E-state index in [1.54, 1.807) is 13.0 Å². The first kappa shape index (κ1) is 16.5. The molecule has 0 aromatic heterocycles. The molecule has 2 rings (SSSR count). The minimum atomic E-state index is -0.855. The van der Waals surface area contributed by atoms with E-state index in [9.17, 15) is 4.79 Å². The predicted molar refractivity (Wildman–Crippen MR) is 83.5 cm³/mol. The lowest BCUT2D eigenvalue weighted by molar-refractivity contribution is 0.0696. The molecule has 0 radical (unpaired) electrons. The summed E-state index contributed by atoms with van der Waals surface area (Å²) in [6.07, 6.45) is 0. The smallest absolute Gasteiger partial charge is 0.335 e. The van der Waals surface area contributed by atoms with Crippen molar-refractivity contribution >= 4 is 5.97 Å². The molecule has 2 aromatic rings. The number of aromatic carboxylic acids is 1. The number of rotatable bonds is 1. The average molecular weight is 281 g/mol. The van der Waals surface area contributed by atoms with Crippen LogP contribution in [0.3, 0.4) is 0 Å². The third kappa shape index (κ3) is 4.77. The van der Waals surface area contributed by atoms with Crippen molar-refractivity contribution in [3.8, 4) is 6.07 Å². The van der Waals surface area contributed by atoms with E-state index in [0.29, 0.717) is 5.56 Å². The van der Waals surface area contributed by atoms with Crippen molar-refractivity contribution in [1.29, 1.82) is 5.26 Å². The van der Waals surface area contributed by atoms with E-state index in [4.69, 9.17) is 10.4 Å². The van der Waals surface area contributed by atoms with Crippen LogP contribution in [-0.4, -0.2) is 11.1 Å². The summed E-state index contributed by atoms with van der Waals surface area (Å²) < 4.78 is 0. The van der Waals surface area contributed by atoms with Crippen LogP contribution in [0.15, 0.2) is 36.4 Å². The molecular weight excluding hydrogens is 262 g/mol. The summed E-state index contributed by atoms with van der Waals surface area (Å²) in [5.41, 5.74) is 5.15. The number of carbonyl (C=O) groups is 1. The van der Waals surface area contributed by atoms with Crippen LogP contribution in [0.1, 0.15) is 38.2 Å². The molecule has 0 fully saturated rings. The van der Waals surface area contributed by atoms with E-state index in [2.05, 4.69) is 6.07 Å². The van der Waals surface area contributed by atoms with Gasteiger partial charge in [-0.2, -0.15) is 5.26 Å². The second kappa shape index (κ2) is 7.25. The molecule has 0 spiro atoms. The molecule has 1 N–H and O–H groups in total. The molecule has 2 aromatic carbocycles. The van der Waals surface area contributed by atoms with Gasteiger partial charge >= 0.3 is 5.97 Å². The van der Waals surface area contributed by atoms with Crippen molar-refractivity contribution in [3.63, 3.8) is 0 Å². The van der Waals surface area contributed by atoms with Crippen molar-refractivity contribution in [2.75, 3.05) is 0 Å². The second-order valence-electron chi connectivity index (χ2n) is 5.05. The average Bonchev–Trinajstić information content (AvgIpc) is 2.44. The van der Waals surface area contributed by atoms with Crippen LogP contribution < -0.4 is 0 Å². The van der Waals surface area contributed by atoms with Gasteiger partial charge in [0.25, 0.3) is 0 Å². The van der Waals surface area contributed by atoms with E-state index in [1.165, 1.54) is 0 Å². The highest BCUT2D eigenvalue weighted by Crippen LogP contribution is 2.10. The Morgan fingerprint density at radius 2 is 1.48 bits per heavy atom. The van der Waals surface area contributed by atoms with Gasteiger partial charge in [-0.15, -0.1) is 0 Å². The molecular formula is C18H19NO2. The first-order valence-corrected chi connectivity index (χ1v) is 6.63. The Balaban J connectivity index is 0.000000211. The summed E-state index contributed by atoms with van der Waals surface area (Å²) in [5, 5.41) is 17.3. The third-order valence-electron chi connectivity index (χ3n) is 3.14. The van der Waals surface area contributed by atoms with Gasteiger partial charge in [0.15, 0.2) is 0 Å². The van der Waals surface area contributed by atoms with Crippen LogP contribution in [0.4, 0.5) is 0 Å². The summed E-state index contributed by atoms with van der Waals surface area (Å²) in [4.78, 5) is 10.6. The van der Waals surface area contributed by atoms with Crippen LogP contribution in [0.2, 0.25) is 0 Å². The van der Waals surface area contributed by atoms with Gasteiger partial charge in [-0.1, -0.05) is 29.8 Å². The molecule has 0 atom stereocenters. The highest BCUT2D eigenvalue weighted by atomic mass is 16.4. The molecule has 21 heavy (non-hydrogen) atoms. The molecule has 0 unspecified atom stereocenters. The molecule has 0 saturated carbocycles. The van der Waals surface area contributed by atoms with Crippen LogP contribution in [0.5, 0.6) is 0 Å². The molecule has 0 heterocycles. The van der Waals surface area contributed by atoms with Gasteiger partial charge in [0.2, 0.25) is 0 Å². The standard InChI is InChI=1S/C9H9N.C9H10O2/c1-7-3-4-8(2)9(5-7)6-10;1-6-3-4-7(2)8(5-6)9(10)11/h3-5H,1-2H3;3-5H,1-2H3,(H,10,11). The third-order valence-corrected chi connectivity index (χ3v) is 3.14. The van der Waals surface area contributed by atoms with Crippen molar-refractivity contribution in [2.24, 2.45) is 0 Å². The maximum atomic E-state index is 10.6. The van der Waals surface area contributed by atoms with Crippen LogP contribution in [0, 0.1) is 39.0 Å². The molecule has 3 heteroatoms. The van der Waals surface area contributed by atoms with E-state index in [1.807, 2.05) is 51.1 Å². The zero-order valence-corrected chi connectivity index (χ0v) is 12.8. The van der Waals surface area contributed by atoms with E-state index < -0.39 is 5.97 Å². The summed E-state index contributed by atoms with van der Waals surface area (Å²) in [6, 6.07) is 13.4. The number of benzene rings is 2. The Bertz CT molecular complexity index is 697. The number of nitriles is 1. The molecule has 0 aliphatic carbocycles. The van der Waals surface area contributed by atoms with Gasteiger partial charge < -0.3 is 5.11 Å². The molecule has 3 nitrogen and oxygen atoms in total. The Kier molecular flexibility index (Phi) is 5.68. The quantitative estimate of drug-likeness (QED) is 0.853. The van der Waals surface area contributed by atoms with Gasteiger partial charge in [-0.25, -0.2) is 4.79 Å². The SMILES string of the molecule is Cc1ccc(C)c(C#N)c1.Cc1ccc(C)c(C(=O)O)c1. The highest BCUT2D eigenvalue weighted by molar-refractivity contribution is 5.89. The van der Waals surface area contributed by atoms with Gasteiger partial charge in [0, 0.05) is 0 Å². The summed E-state index contributed by atoms with van der Waals surface area (Å²) in [7, 11) is 0. The van der Waals surface area contributed by atoms with Gasteiger partial charge in [0.1, 0.15) is 0 Å². The first-order valence-electron chi connectivity index (χ1n) is 6.63. The van der Waals surface area contributed by atoms with Crippen LogP contribution in [0.25, 0.3) is 0 Å². The summed E-state index contributed by atoms with van der Waals surface area (Å²) in [6.45, 7) is 7.60. The number of nitrogens with zero attached hydrogens (tertiary/aromatic N) is 1. The van der Waals surface area contributed by atoms with E-state index >= 15 is 0 Å². The molecule has 108 valence electrons. The van der Waals surface area contributed by atoms with Crippen molar-refractivity contribution in [1.82, 2.24) is 0 Å². The fraction of sp³-hybridized carbons (Fsp3) is 0.222. The van der Waals surface area contributed by atoms with Gasteiger partial charge in [-0.3, -0.25) is 0 Å². The Morgan fingerprint density at radius 1 is 0.952 bits per heavy atom. The van der Waals surface area contributed by atoms with Crippen molar-refractivity contribution < 1.29 is 9.90 Å². The van der Waals surface area contributed by atoms with Gasteiger partial charge in [0.05, 0.1) is 17.2 Å². The molecule has 0 aliphatic rings. The maximum absolute atomic E-state index is 10.6. The Labute approximate surface area is 125 Å². The van der Waals surface area contributed by atoms with Gasteiger partial charge in [-0.05, 0) is 56.5 Å². The largest absolute Gasteiger partial charge is 0.478 e. The maximum Gasteiger partial charge on any atom is 0.335 e. The minimum Gasteiger partial charge on any atom is -0.478 e. The lowest BCUT2D eigenvalue weighted by Crippen LogP contribution is -1.99. The fourth-order valence-electron chi connectivity index (χ4n) is 1.82. The minimum absolute atomic E-state index is 0.394. The zero-order valence-electron chi connectivity index (χ0n) is 12.8. The lowest BCUT2D eigenvalue weighted by atomic mass is 10.1. The molecule has 0 saturated heterocycles. The number of hydrogen-bond acceptors (Lipinski definition) is 2. The first-order chi connectivity index (χ1) is 9.85. The highest BCUT2D eigenvalue weighted by Gasteiger charge is 2.05. The van der Waals surface area contributed by atoms with Crippen molar-refractivity contribution in [2.45, 2.75) is 27.7 Å². The lowest BCUT2D eigenvalue weighted by Gasteiger charge is -2.00. The summed E-state index contributed by atoms with van der Waals surface area (Å²) >= 11 is 0. The number of carboxylic acid groups (broad SMARTS) is 1. The molecule has 0 aliphatic heterocycles. The Morgan fingerprint density at radius 3 is 1.90 bits per heavy atom. The number of aryl methyl sites for hydroxylation is 4. The fourth-order valence-corrected chi connectivity index (χ4v) is 1.82. The topological polar surface area (TPSA) is 61.1 Å². The number of carboxylic acids is 1. The predicted octanol–water partition coefficient (Wildman–Crippen LogP) is 4.18. The normalized spacial score (nSPS) is 9.29. The molecule has 0 bridgehead atoms.